The molecule has 1 amide bonds. The third kappa shape index (κ3) is 5.97. The van der Waals surface area contributed by atoms with E-state index in [0.29, 0.717) is 35.3 Å². The molecule has 1 aliphatic heterocycles. The van der Waals surface area contributed by atoms with E-state index < -0.39 is 0 Å². The smallest absolute Gasteiger partial charge is 0.257 e. The van der Waals surface area contributed by atoms with Crippen LogP contribution in [0.2, 0.25) is 0 Å². The van der Waals surface area contributed by atoms with Gasteiger partial charge in [-0.3, -0.25) is 10.1 Å². The zero-order chi connectivity index (χ0) is 21.3. The van der Waals surface area contributed by atoms with Crippen LogP contribution in [0.3, 0.4) is 0 Å². The normalized spacial score (nSPS) is 16.2. The van der Waals surface area contributed by atoms with Gasteiger partial charge < -0.3 is 19.5 Å². The summed E-state index contributed by atoms with van der Waals surface area (Å²) in [5.41, 5.74) is 2.45. The highest BCUT2D eigenvalue weighted by atomic mass is 16.5. The molecule has 30 heavy (non-hydrogen) atoms. The minimum absolute atomic E-state index is 0.0717. The lowest BCUT2D eigenvalue weighted by molar-refractivity contribution is 0.0975. The molecule has 2 aromatic carbocycles. The van der Waals surface area contributed by atoms with Gasteiger partial charge in [-0.05, 0) is 37.0 Å². The number of carbonyl (C=O) groups excluding carboxylic acids is 1. The summed E-state index contributed by atoms with van der Waals surface area (Å²) in [6.45, 7) is 3.31. The topological polar surface area (TPSA) is 81.2 Å². The van der Waals surface area contributed by atoms with Crippen LogP contribution in [0.1, 0.15) is 35.7 Å². The minimum atomic E-state index is -0.230. The molecular formula is C23H29N3O4. The van der Waals surface area contributed by atoms with Gasteiger partial charge in [0, 0.05) is 36.1 Å². The molecule has 0 aliphatic carbocycles. The van der Waals surface area contributed by atoms with Crippen molar-refractivity contribution in [2.24, 2.45) is 4.99 Å². The Morgan fingerprint density at radius 2 is 1.83 bits per heavy atom. The molecule has 1 heterocycles. The quantitative estimate of drug-likeness (QED) is 0.537. The van der Waals surface area contributed by atoms with Crippen LogP contribution in [0, 0.1) is 0 Å². The second kappa shape index (κ2) is 10.6. The monoisotopic (exact) mass is 411 g/mol. The van der Waals surface area contributed by atoms with Gasteiger partial charge in [-0.15, -0.1) is 0 Å². The van der Waals surface area contributed by atoms with Crippen molar-refractivity contribution in [2.75, 3.05) is 32.7 Å². The van der Waals surface area contributed by atoms with Crippen LogP contribution in [0.5, 0.6) is 11.5 Å². The molecule has 2 N–H and O–H groups in total. The van der Waals surface area contributed by atoms with Crippen molar-refractivity contribution in [1.29, 1.82) is 0 Å². The molecule has 1 saturated heterocycles. The summed E-state index contributed by atoms with van der Waals surface area (Å²) in [4.78, 5) is 17.4. The second-order valence-electron chi connectivity index (χ2n) is 7.06. The number of aliphatic imine (C=N–C) groups is 1. The number of guanidine groups is 1. The number of ether oxygens (including phenoxy) is 3. The maximum atomic E-state index is 12.8. The number of rotatable bonds is 7. The van der Waals surface area contributed by atoms with Gasteiger partial charge in [0.1, 0.15) is 11.5 Å². The van der Waals surface area contributed by atoms with Crippen LogP contribution < -0.4 is 20.1 Å². The zero-order valence-electron chi connectivity index (χ0n) is 17.7. The predicted molar refractivity (Wildman–Crippen MR) is 118 cm³/mol. The number of benzene rings is 2. The van der Waals surface area contributed by atoms with Gasteiger partial charge >= 0.3 is 0 Å². The first-order valence-electron chi connectivity index (χ1n) is 10.2. The van der Waals surface area contributed by atoms with Crippen LogP contribution in [0.15, 0.2) is 47.5 Å². The Bertz CT molecular complexity index is 852. The third-order valence-corrected chi connectivity index (χ3v) is 4.95. The summed E-state index contributed by atoms with van der Waals surface area (Å²) >= 11 is 0. The van der Waals surface area contributed by atoms with E-state index in [1.54, 1.807) is 20.3 Å². The van der Waals surface area contributed by atoms with Gasteiger partial charge in [0.05, 0.1) is 26.9 Å². The fourth-order valence-electron chi connectivity index (χ4n) is 3.18. The molecule has 0 spiro atoms. The van der Waals surface area contributed by atoms with Crippen molar-refractivity contribution >= 4 is 17.6 Å². The van der Waals surface area contributed by atoms with E-state index >= 15 is 0 Å². The highest BCUT2D eigenvalue weighted by Crippen LogP contribution is 2.25. The van der Waals surface area contributed by atoms with E-state index in [4.69, 9.17) is 14.2 Å². The summed E-state index contributed by atoms with van der Waals surface area (Å²) in [5, 5.41) is 6.06. The van der Waals surface area contributed by atoms with E-state index in [0.717, 1.165) is 25.9 Å². The Morgan fingerprint density at radius 3 is 2.40 bits per heavy atom. The first-order valence-corrected chi connectivity index (χ1v) is 10.2. The highest BCUT2D eigenvalue weighted by Gasteiger charge is 2.16. The lowest BCUT2D eigenvalue weighted by Crippen LogP contribution is -2.36. The van der Waals surface area contributed by atoms with Crippen molar-refractivity contribution in [3.05, 3.63) is 53.6 Å². The minimum Gasteiger partial charge on any atom is -0.497 e. The summed E-state index contributed by atoms with van der Waals surface area (Å²) in [7, 11) is 3.18. The number of carbonyl (C=O) groups is 1. The molecule has 2 aromatic rings. The number of methoxy groups -OCH3 is 2. The van der Waals surface area contributed by atoms with Crippen LogP contribution in [-0.4, -0.2) is 45.3 Å². The van der Waals surface area contributed by atoms with Crippen LogP contribution >= 0.6 is 0 Å². The first-order chi connectivity index (χ1) is 14.6. The first kappa shape index (κ1) is 21.6. The third-order valence-electron chi connectivity index (χ3n) is 4.95. The summed E-state index contributed by atoms with van der Waals surface area (Å²) in [6, 6.07) is 13.0. The lowest BCUT2D eigenvalue weighted by Gasteiger charge is -2.15. The SMILES string of the molecule is CCc1ccc(C(=O)NC(=NC[C@H]2CCCO2)Nc2cc(OC)cc(OC)c2)cc1. The van der Waals surface area contributed by atoms with Crippen molar-refractivity contribution in [1.82, 2.24) is 5.32 Å². The maximum absolute atomic E-state index is 12.8. The number of hydrogen-bond acceptors (Lipinski definition) is 5. The molecule has 0 aromatic heterocycles. The molecular weight excluding hydrogens is 382 g/mol. The molecule has 0 unspecified atom stereocenters. The van der Waals surface area contributed by atoms with Gasteiger partial charge in [-0.25, -0.2) is 4.99 Å². The Hall–Kier alpha value is -3.06. The number of nitrogens with one attached hydrogen (secondary N) is 2. The molecule has 1 fully saturated rings. The molecule has 0 saturated carbocycles. The van der Waals surface area contributed by atoms with Crippen molar-refractivity contribution in [3.63, 3.8) is 0 Å². The van der Waals surface area contributed by atoms with Crippen molar-refractivity contribution in [3.8, 4) is 11.5 Å². The number of aryl methyl sites for hydroxylation is 1. The Kier molecular flexibility index (Phi) is 7.68. The van der Waals surface area contributed by atoms with Gasteiger partial charge in [-0.1, -0.05) is 19.1 Å². The average molecular weight is 412 g/mol. The number of hydrogen-bond donors (Lipinski definition) is 2. The molecule has 0 radical (unpaired) electrons. The fourth-order valence-corrected chi connectivity index (χ4v) is 3.18. The lowest BCUT2D eigenvalue weighted by atomic mass is 10.1. The number of nitrogens with zero attached hydrogens (tertiary/aromatic N) is 1. The van der Waals surface area contributed by atoms with E-state index in [2.05, 4.69) is 22.5 Å². The Morgan fingerprint density at radius 1 is 1.13 bits per heavy atom. The van der Waals surface area contributed by atoms with Gasteiger partial charge in [0.2, 0.25) is 5.96 Å². The Labute approximate surface area is 177 Å². The molecule has 3 rings (SSSR count). The zero-order valence-corrected chi connectivity index (χ0v) is 17.7. The van der Waals surface area contributed by atoms with Crippen LogP contribution in [0.4, 0.5) is 5.69 Å². The molecule has 1 aliphatic rings. The van der Waals surface area contributed by atoms with E-state index in [1.807, 2.05) is 36.4 Å². The maximum Gasteiger partial charge on any atom is 0.257 e. The molecule has 160 valence electrons. The van der Waals surface area contributed by atoms with Gasteiger partial charge in [0.25, 0.3) is 5.91 Å². The predicted octanol–water partition coefficient (Wildman–Crippen LogP) is 3.64. The molecule has 1 atom stereocenters. The second-order valence-corrected chi connectivity index (χ2v) is 7.06. The van der Waals surface area contributed by atoms with Gasteiger partial charge in [-0.2, -0.15) is 0 Å². The standard InChI is InChI=1S/C23H29N3O4/c1-4-16-7-9-17(10-8-16)22(27)26-23(24-15-19-6-5-11-30-19)25-18-12-20(28-2)14-21(13-18)29-3/h7-10,12-14,19H,4-6,11,15H2,1-3H3,(H2,24,25,26,27)/t19-/m1/s1. The van der Waals surface area contributed by atoms with E-state index in [9.17, 15) is 4.79 Å². The van der Waals surface area contributed by atoms with Crippen molar-refractivity contribution < 1.29 is 19.0 Å². The highest BCUT2D eigenvalue weighted by molar-refractivity contribution is 6.10. The summed E-state index contributed by atoms with van der Waals surface area (Å²) in [6.07, 6.45) is 3.00. The largest absolute Gasteiger partial charge is 0.497 e. The van der Waals surface area contributed by atoms with E-state index in [1.165, 1.54) is 5.56 Å². The molecule has 7 heteroatoms. The van der Waals surface area contributed by atoms with Crippen LogP contribution in [-0.2, 0) is 11.2 Å². The number of amides is 1. The van der Waals surface area contributed by atoms with Gasteiger partial charge in [0.15, 0.2) is 0 Å². The molecule has 7 nitrogen and oxygen atoms in total. The van der Waals surface area contributed by atoms with E-state index in [-0.39, 0.29) is 12.0 Å². The molecule has 0 bridgehead atoms. The Balaban J connectivity index is 1.78. The summed E-state index contributed by atoms with van der Waals surface area (Å²) < 4.78 is 16.3. The van der Waals surface area contributed by atoms with Crippen LogP contribution in [0.25, 0.3) is 0 Å². The van der Waals surface area contributed by atoms with Crippen molar-refractivity contribution in [2.45, 2.75) is 32.3 Å². The fraction of sp³-hybridized carbons (Fsp3) is 0.391. The number of anilines is 1. The average Bonchev–Trinajstić information content (AvgIpc) is 3.30. The summed E-state index contributed by atoms with van der Waals surface area (Å²) in [5.74, 6) is 1.39.